The van der Waals surface area contributed by atoms with Gasteiger partial charge < -0.3 is 14.8 Å². The molecule has 1 fully saturated rings. The minimum Gasteiger partial charge on any atom is -0.469 e. The van der Waals surface area contributed by atoms with Crippen LogP contribution < -0.4 is 5.32 Å². The molecule has 3 atom stereocenters. The molecule has 1 aliphatic carbocycles. The zero-order valence-electron chi connectivity index (χ0n) is 12.2. The van der Waals surface area contributed by atoms with E-state index in [-0.39, 0.29) is 18.0 Å². The Balaban J connectivity index is 1.85. The predicted molar refractivity (Wildman–Crippen MR) is 77.2 cm³/mol. The van der Waals surface area contributed by atoms with Crippen LogP contribution in [0.4, 0.5) is 0 Å². The number of nitrogens with one attached hydrogen (secondary N) is 1. The molecule has 1 aromatic rings. The minimum absolute atomic E-state index is 0.0514. The molecule has 4 heteroatoms. The standard InChI is InChI=1S/C16H23NO3/c1-19-15-10-13(8-9-14(15)16(18)20-2)17-11-12-6-4-3-5-7-12/h3-7,13-15,17H,8-11H2,1-2H3/t13-,14+,15+/m0/s1. The van der Waals surface area contributed by atoms with Crippen molar-refractivity contribution in [1.29, 1.82) is 0 Å². The lowest BCUT2D eigenvalue weighted by Crippen LogP contribution is -2.43. The molecule has 0 radical (unpaired) electrons. The first-order valence-corrected chi connectivity index (χ1v) is 7.12. The third-order valence-corrected chi connectivity index (χ3v) is 4.04. The van der Waals surface area contributed by atoms with Crippen molar-refractivity contribution < 1.29 is 14.3 Å². The molecule has 20 heavy (non-hydrogen) atoms. The SMILES string of the molecule is COC(=O)[C@@H]1CC[C@H](NCc2ccccc2)C[C@H]1OC. The maximum atomic E-state index is 11.7. The van der Waals surface area contributed by atoms with Crippen LogP contribution in [0.1, 0.15) is 24.8 Å². The highest BCUT2D eigenvalue weighted by atomic mass is 16.5. The van der Waals surface area contributed by atoms with Crippen LogP contribution in [0.2, 0.25) is 0 Å². The Hall–Kier alpha value is -1.39. The van der Waals surface area contributed by atoms with Gasteiger partial charge in [-0.1, -0.05) is 30.3 Å². The van der Waals surface area contributed by atoms with E-state index in [0.717, 1.165) is 25.8 Å². The van der Waals surface area contributed by atoms with Crippen molar-refractivity contribution in [2.45, 2.75) is 38.0 Å². The number of benzene rings is 1. The summed E-state index contributed by atoms with van der Waals surface area (Å²) in [6, 6.07) is 10.7. The highest BCUT2D eigenvalue weighted by Crippen LogP contribution is 2.28. The summed E-state index contributed by atoms with van der Waals surface area (Å²) in [5.74, 6) is -0.280. The molecule has 2 rings (SSSR count). The second-order valence-corrected chi connectivity index (χ2v) is 5.28. The van der Waals surface area contributed by atoms with Gasteiger partial charge >= 0.3 is 5.97 Å². The molecule has 1 aromatic carbocycles. The van der Waals surface area contributed by atoms with E-state index in [1.54, 1.807) is 7.11 Å². The van der Waals surface area contributed by atoms with Crippen LogP contribution in [0, 0.1) is 5.92 Å². The van der Waals surface area contributed by atoms with Gasteiger partial charge in [0, 0.05) is 19.7 Å². The Morgan fingerprint density at radius 1 is 1.25 bits per heavy atom. The van der Waals surface area contributed by atoms with Gasteiger partial charge in [0.05, 0.1) is 19.1 Å². The Kier molecular flexibility index (Phi) is 5.56. The number of hydrogen-bond donors (Lipinski definition) is 1. The van der Waals surface area contributed by atoms with Gasteiger partial charge in [-0.15, -0.1) is 0 Å². The Morgan fingerprint density at radius 3 is 2.65 bits per heavy atom. The lowest BCUT2D eigenvalue weighted by molar-refractivity contribution is -0.152. The fourth-order valence-corrected chi connectivity index (χ4v) is 2.85. The molecule has 0 aliphatic heterocycles. The smallest absolute Gasteiger partial charge is 0.311 e. The summed E-state index contributed by atoms with van der Waals surface area (Å²) in [5.41, 5.74) is 1.27. The van der Waals surface area contributed by atoms with Crippen molar-refractivity contribution in [3.05, 3.63) is 35.9 Å². The minimum atomic E-state index is -0.154. The summed E-state index contributed by atoms with van der Waals surface area (Å²) in [4.78, 5) is 11.7. The van der Waals surface area contributed by atoms with E-state index in [1.807, 2.05) is 18.2 Å². The van der Waals surface area contributed by atoms with Crippen LogP contribution in [0.15, 0.2) is 30.3 Å². The Morgan fingerprint density at radius 2 is 2.00 bits per heavy atom. The number of hydrogen-bond acceptors (Lipinski definition) is 4. The van der Waals surface area contributed by atoms with E-state index in [9.17, 15) is 4.79 Å². The topological polar surface area (TPSA) is 47.6 Å². The third kappa shape index (κ3) is 3.81. The van der Waals surface area contributed by atoms with Crippen LogP contribution in [0.3, 0.4) is 0 Å². The molecule has 1 aliphatic rings. The average molecular weight is 277 g/mol. The van der Waals surface area contributed by atoms with E-state index in [4.69, 9.17) is 9.47 Å². The summed E-state index contributed by atoms with van der Waals surface area (Å²) < 4.78 is 10.3. The number of rotatable bonds is 5. The maximum Gasteiger partial charge on any atom is 0.311 e. The Labute approximate surface area is 120 Å². The lowest BCUT2D eigenvalue weighted by Gasteiger charge is -2.34. The number of carbonyl (C=O) groups is 1. The van der Waals surface area contributed by atoms with Gasteiger partial charge in [-0.25, -0.2) is 0 Å². The first kappa shape index (κ1) is 15.0. The molecular formula is C16H23NO3. The molecule has 4 nitrogen and oxygen atoms in total. The summed E-state index contributed by atoms with van der Waals surface area (Å²) >= 11 is 0. The predicted octanol–water partition coefficient (Wildman–Crippen LogP) is 2.13. The maximum absolute atomic E-state index is 11.7. The van der Waals surface area contributed by atoms with Gasteiger partial charge in [-0.2, -0.15) is 0 Å². The summed E-state index contributed by atoms with van der Waals surface area (Å²) in [7, 11) is 3.11. The molecule has 1 N–H and O–H groups in total. The summed E-state index contributed by atoms with van der Waals surface area (Å²) in [6.07, 6.45) is 2.59. The quantitative estimate of drug-likeness (QED) is 0.838. The second kappa shape index (κ2) is 7.41. The van der Waals surface area contributed by atoms with Crippen LogP contribution in [-0.4, -0.2) is 32.3 Å². The molecule has 0 amide bonds. The number of ether oxygens (including phenoxy) is 2. The van der Waals surface area contributed by atoms with Crippen molar-refractivity contribution in [3.8, 4) is 0 Å². The van der Waals surface area contributed by atoms with Crippen molar-refractivity contribution in [2.24, 2.45) is 5.92 Å². The lowest BCUT2D eigenvalue weighted by atomic mass is 9.83. The normalized spacial score (nSPS) is 26.2. The van der Waals surface area contributed by atoms with Crippen LogP contribution in [0.25, 0.3) is 0 Å². The van der Waals surface area contributed by atoms with Gasteiger partial charge in [0.1, 0.15) is 0 Å². The molecule has 110 valence electrons. The molecule has 0 bridgehead atoms. The average Bonchev–Trinajstić information content (AvgIpc) is 2.52. The van der Waals surface area contributed by atoms with Crippen LogP contribution >= 0.6 is 0 Å². The van der Waals surface area contributed by atoms with E-state index in [0.29, 0.717) is 6.04 Å². The monoisotopic (exact) mass is 277 g/mol. The largest absolute Gasteiger partial charge is 0.469 e. The second-order valence-electron chi connectivity index (χ2n) is 5.28. The number of carbonyl (C=O) groups excluding carboxylic acids is 1. The van der Waals surface area contributed by atoms with E-state index < -0.39 is 0 Å². The third-order valence-electron chi connectivity index (χ3n) is 4.04. The van der Waals surface area contributed by atoms with Crippen molar-refractivity contribution in [2.75, 3.05) is 14.2 Å². The molecule has 0 spiro atoms. The highest BCUT2D eigenvalue weighted by Gasteiger charge is 2.35. The molecule has 0 aromatic heterocycles. The first-order chi connectivity index (χ1) is 9.74. The fourth-order valence-electron chi connectivity index (χ4n) is 2.85. The van der Waals surface area contributed by atoms with Crippen LogP contribution in [0.5, 0.6) is 0 Å². The molecular weight excluding hydrogens is 254 g/mol. The van der Waals surface area contributed by atoms with Crippen molar-refractivity contribution >= 4 is 5.97 Å². The number of methoxy groups -OCH3 is 2. The number of esters is 1. The van der Waals surface area contributed by atoms with Gasteiger partial charge in [-0.3, -0.25) is 4.79 Å². The van der Waals surface area contributed by atoms with Gasteiger partial charge in [0.2, 0.25) is 0 Å². The molecule has 0 heterocycles. The van der Waals surface area contributed by atoms with E-state index in [1.165, 1.54) is 12.7 Å². The Bertz CT molecular complexity index is 421. The van der Waals surface area contributed by atoms with E-state index >= 15 is 0 Å². The van der Waals surface area contributed by atoms with Gasteiger partial charge in [-0.05, 0) is 24.8 Å². The van der Waals surface area contributed by atoms with Crippen molar-refractivity contribution in [1.82, 2.24) is 5.32 Å². The van der Waals surface area contributed by atoms with E-state index in [2.05, 4.69) is 17.4 Å². The first-order valence-electron chi connectivity index (χ1n) is 7.12. The fraction of sp³-hybridized carbons (Fsp3) is 0.562. The molecule has 0 saturated heterocycles. The van der Waals surface area contributed by atoms with Gasteiger partial charge in [0.15, 0.2) is 0 Å². The zero-order chi connectivity index (χ0) is 14.4. The summed E-state index contributed by atoms with van der Waals surface area (Å²) in [5, 5.41) is 3.55. The molecule has 1 saturated carbocycles. The zero-order valence-corrected chi connectivity index (χ0v) is 12.2. The summed E-state index contributed by atoms with van der Waals surface area (Å²) in [6.45, 7) is 0.852. The van der Waals surface area contributed by atoms with Gasteiger partial charge in [0.25, 0.3) is 0 Å². The van der Waals surface area contributed by atoms with Crippen LogP contribution in [-0.2, 0) is 20.8 Å². The molecule has 0 unspecified atom stereocenters. The van der Waals surface area contributed by atoms with Crippen molar-refractivity contribution in [3.63, 3.8) is 0 Å². The highest BCUT2D eigenvalue weighted by molar-refractivity contribution is 5.73.